The lowest BCUT2D eigenvalue weighted by atomic mass is 9.99. The van der Waals surface area contributed by atoms with Gasteiger partial charge in [0, 0.05) is 6.04 Å². The van der Waals surface area contributed by atoms with Gasteiger partial charge in [0.2, 0.25) is 8.03 Å². The molecule has 0 bridgehead atoms. The van der Waals surface area contributed by atoms with Crippen molar-refractivity contribution in [2.45, 2.75) is 45.8 Å². The zero-order chi connectivity index (χ0) is 16.7. The van der Waals surface area contributed by atoms with Gasteiger partial charge in [0.05, 0.1) is 18.5 Å². The van der Waals surface area contributed by atoms with Crippen molar-refractivity contribution < 1.29 is 28.5 Å². The highest BCUT2D eigenvalue weighted by Crippen LogP contribution is 2.38. The lowest BCUT2D eigenvalue weighted by Crippen LogP contribution is -2.40. The van der Waals surface area contributed by atoms with Crippen molar-refractivity contribution in [1.82, 2.24) is 4.90 Å². The molecule has 0 aliphatic carbocycles. The van der Waals surface area contributed by atoms with Crippen molar-refractivity contribution in [1.29, 1.82) is 0 Å². The Morgan fingerprint density at radius 1 is 1.43 bits per heavy atom. The molecule has 0 aromatic rings. The number of hydrogen-bond donors (Lipinski definition) is 3. The van der Waals surface area contributed by atoms with Crippen LogP contribution < -0.4 is 0 Å². The molecule has 126 valence electrons. The van der Waals surface area contributed by atoms with Crippen LogP contribution in [0.15, 0.2) is 12.2 Å². The van der Waals surface area contributed by atoms with Crippen molar-refractivity contribution >= 4 is 15.6 Å². The summed E-state index contributed by atoms with van der Waals surface area (Å²) in [4.78, 5) is 28.6. The van der Waals surface area contributed by atoms with E-state index in [1.165, 1.54) is 4.90 Å². The quantitative estimate of drug-likeness (QED) is 0.411. The van der Waals surface area contributed by atoms with Gasteiger partial charge < -0.3 is 19.4 Å². The predicted molar refractivity (Wildman–Crippen MR) is 83.8 cm³/mol. The molecule has 21 heavy (non-hydrogen) atoms. The van der Waals surface area contributed by atoms with Crippen LogP contribution in [-0.2, 0) is 13.9 Å². The van der Waals surface area contributed by atoms with Gasteiger partial charge in [-0.25, -0.2) is 0 Å². The number of nitrogens with zero attached hydrogens (tertiary/aromatic N) is 1. The maximum absolute atomic E-state index is 11.1. The number of allylic oxidation sites excluding steroid dienone is 1. The number of rotatable bonds is 10. The zero-order valence-corrected chi connectivity index (χ0v) is 14.9. The monoisotopic (exact) mass is 343 g/mol. The van der Waals surface area contributed by atoms with E-state index >= 15 is 0 Å². The van der Waals surface area contributed by atoms with Gasteiger partial charge in [-0.3, -0.25) is 14.0 Å². The number of hydrogen-bond acceptors (Lipinski definition) is 4. The average molecular weight is 343 g/mol. The van der Waals surface area contributed by atoms with E-state index in [1.54, 1.807) is 6.92 Å². The topological polar surface area (TPSA) is 107 Å². The standard InChI is InChI=1S/C12H27NO6P2/c1-5-6-7-19-12(3,4)8-11(2)13(9-20(14)15)10-21(16,17)18/h5-6,11,20H,7-10H2,1-4H3,(H,14,15)(H2,16,17,18). The SMILES string of the molecule is CC=CCOC(C)(C)CC(C)N(C[PH](=O)O)CP(=O)(O)O. The molecule has 0 radical (unpaired) electrons. The van der Waals surface area contributed by atoms with Gasteiger partial charge in [-0.15, -0.1) is 0 Å². The Hall–Kier alpha value is 0.0000000000000000139. The Kier molecular flexibility index (Phi) is 9.21. The second kappa shape index (κ2) is 9.21. The predicted octanol–water partition coefficient (Wildman–Crippen LogP) is 2.00. The molecule has 9 heteroatoms. The molecule has 0 spiro atoms. The normalized spacial score (nSPS) is 16.6. The maximum Gasteiger partial charge on any atom is 0.339 e. The number of ether oxygens (including phenoxy) is 1. The Balaban J connectivity index is 4.74. The highest BCUT2D eigenvalue weighted by atomic mass is 31.2. The molecule has 0 aromatic heterocycles. The Labute approximate surface area is 127 Å². The first-order valence-electron chi connectivity index (χ1n) is 6.72. The zero-order valence-electron chi connectivity index (χ0n) is 13.0. The van der Waals surface area contributed by atoms with Crippen molar-refractivity contribution in [3.8, 4) is 0 Å². The molecule has 7 nitrogen and oxygen atoms in total. The smallest absolute Gasteiger partial charge is 0.339 e. The summed E-state index contributed by atoms with van der Waals surface area (Å²) in [5, 5.41) is 0. The van der Waals surface area contributed by atoms with E-state index in [2.05, 4.69) is 0 Å². The van der Waals surface area contributed by atoms with E-state index in [0.29, 0.717) is 13.0 Å². The van der Waals surface area contributed by atoms with Crippen LogP contribution in [0, 0.1) is 0 Å². The summed E-state index contributed by atoms with van der Waals surface area (Å²) in [6.07, 6.45) is 3.46. The lowest BCUT2D eigenvalue weighted by molar-refractivity contribution is -0.0228. The van der Waals surface area contributed by atoms with Crippen LogP contribution in [0.3, 0.4) is 0 Å². The fourth-order valence-electron chi connectivity index (χ4n) is 2.02. The first kappa shape index (κ1) is 21.0. The Morgan fingerprint density at radius 2 is 2.00 bits per heavy atom. The van der Waals surface area contributed by atoms with Gasteiger partial charge in [-0.05, 0) is 34.1 Å². The Morgan fingerprint density at radius 3 is 2.43 bits per heavy atom. The first-order valence-corrected chi connectivity index (χ1v) is 10.1. The van der Waals surface area contributed by atoms with Crippen LogP contribution in [0.4, 0.5) is 0 Å². The molecule has 0 aliphatic rings. The molecule has 0 heterocycles. The minimum absolute atomic E-state index is 0.234. The van der Waals surface area contributed by atoms with Crippen molar-refractivity contribution in [3.05, 3.63) is 12.2 Å². The molecule has 0 fully saturated rings. The first-order chi connectivity index (χ1) is 9.47. The molecule has 0 aliphatic heterocycles. The van der Waals surface area contributed by atoms with Crippen LogP contribution in [0.25, 0.3) is 0 Å². The molecule has 0 saturated heterocycles. The van der Waals surface area contributed by atoms with Crippen molar-refractivity contribution in [2.75, 3.05) is 19.2 Å². The van der Waals surface area contributed by atoms with E-state index in [0.717, 1.165) is 0 Å². The lowest BCUT2D eigenvalue weighted by Gasteiger charge is -2.34. The van der Waals surface area contributed by atoms with E-state index in [-0.39, 0.29) is 12.3 Å². The van der Waals surface area contributed by atoms with E-state index in [4.69, 9.17) is 19.4 Å². The molecule has 3 N–H and O–H groups in total. The minimum Gasteiger partial charge on any atom is -0.371 e. The summed E-state index contributed by atoms with van der Waals surface area (Å²) in [5.74, 6) is 0. The summed E-state index contributed by atoms with van der Waals surface area (Å²) in [7, 11) is -7.13. The molecule has 0 aromatic carbocycles. The fraction of sp³-hybridized carbons (Fsp3) is 0.833. The minimum atomic E-state index is -4.28. The third-order valence-corrected chi connectivity index (χ3v) is 4.33. The summed E-state index contributed by atoms with van der Waals surface area (Å²) >= 11 is 0. The van der Waals surface area contributed by atoms with Crippen molar-refractivity contribution in [3.63, 3.8) is 0 Å². The van der Waals surface area contributed by atoms with Gasteiger partial charge in [-0.1, -0.05) is 12.2 Å². The van der Waals surface area contributed by atoms with Crippen molar-refractivity contribution in [2.24, 2.45) is 0 Å². The summed E-state index contributed by atoms with van der Waals surface area (Å²) < 4.78 is 27.9. The van der Waals surface area contributed by atoms with Gasteiger partial charge in [0.1, 0.15) is 6.29 Å². The summed E-state index contributed by atoms with van der Waals surface area (Å²) in [5.41, 5.74) is -0.503. The largest absolute Gasteiger partial charge is 0.371 e. The second-order valence-electron chi connectivity index (χ2n) is 5.64. The van der Waals surface area contributed by atoms with E-state index in [9.17, 15) is 9.13 Å². The molecule has 0 amide bonds. The highest BCUT2D eigenvalue weighted by Gasteiger charge is 2.29. The third-order valence-electron chi connectivity index (χ3n) is 2.92. The molecule has 2 unspecified atom stereocenters. The average Bonchev–Trinajstić information content (AvgIpc) is 2.25. The van der Waals surface area contributed by atoms with Gasteiger partial charge in [-0.2, -0.15) is 0 Å². The molecular weight excluding hydrogens is 316 g/mol. The van der Waals surface area contributed by atoms with Gasteiger partial charge in [0.25, 0.3) is 0 Å². The van der Waals surface area contributed by atoms with Crippen LogP contribution in [-0.4, -0.2) is 50.4 Å². The summed E-state index contributed by atoms with van der Waals surface area (Å²) in [6.45, 7) is 7.86. The fourth-order valence-corrected chi connectivity index (χ4v) is 3.84. The summed E-state index contributed by atoms with van der Waals surface area (Å²) in [6, 6.07) is -0.292. The molecular formula is C12H27NO6P2. The molecule has 0 rings (SSSR count). The van der Waals surface area contributed by atoms with E-state index < -0.39 is 27.5 Å². The second-order valence-corrected chi connectivity index (χ2v) is 8.36. The Bertz CT molecular complexity index is 407. The van der Waals surface area contributed by atoms with Crippen LogP contribution in [0.1, 0.15) is 34.1 Å². The van der Waals surface area contributed by atoms with Crippen LogP contribution in [0.5, 0.6) is 0 Å². The van der Waals surface area contributed by atoms with E-state index in [1.807, 2.05) is 32.9 Å². The van der Waals surface area contributed by atoms with Gasteiger partial charge in [0.15, 0.2) is 0 Å². The maximum atomic E-state index is 11.1. The van der Waals surface area contributed by atoms with Crippen LogP contribution in [0.2, 0.25) is 0 Å². The highest BCUT2D eigenvalue weighted by molar-refractivity contribution is 7.51. The van der Waals surface area contributed by atoms with Gasteiger partial charge >= 0.3 is 7.60 Å². The van der Waals surface area contributed by atoms with Crippen LogP contribution >= 0.6 is 15.6 Å². The molecule has 0 saturated carbocycles. The molecule has 2 atom stereocenters. The third kappa shape index (κ3) is 11.2.